The molecule has 2 N–H and O–H groups in total. The normalized spacial score (nSPS) is 16.8. The van der Waals surface area contributed by atoms with E-state index < -0.39 is 6.04 Å². The number of terminal acetylenes is 1. The molecule has 1 aliphatic heterocycles. The van der Waals surface area contributed by atoms with Gasteiger partial charge in [-0.1, -0.05) is 18.2 Å². The van der Waals surface area contributed by atoms with Crippen molar-refractivity contribution in [3.63, 3.8) is 0 Å². The SMILES string of the molecule is C#CCC(N)C(=O)N1CCN(c2ccccc2)CC1. The third kappa shape index (κ3) is 3.27. The van der Waals surface area contributed by atoms with Crippen molar-refractivity contribution < 1.29 is 4.79 Å². The van der Waals surface area contributed by atoms with Gasteiger partial charge in [0.15, 0.2) is 0 Å². The van der Waals surface area contributed by atoms with Crippen LogP contribution in [0.25, 0.3) is 0 Å². The number of para-hydroxylation sites is 1. The zero-order chi connectivity index (χ0) is 13.7. The fraction of sp³-hybridized carbons (Fsp3) is 0.400. The Kier molecular flexibility index (Phi) is 4.43. The Balaban J connectivity index is 1.89. The second kappa shape index (κ2) is 6.26. The molecule has 0 aromatic heterocycles. The number of hydrogen-bond donors (Lipinski definition) is 1. The maximum absolute atomic E-state index is 12.0. The number of piperazine rings is 1. The first kappa shape index (κ1) is 13.4. The highest BCUT2D eigenvalue weighted by molar-refractivity contribution is 5.82. The van der Waals surface area contributed by atoms with Gasteiger partial charge >= 0.3 is 0 Å². The zero-order valence-corrected chi connectivity index (χ0v) is 11.0. The van der Waals surface area contributed by atoms with Crippen LogP contribution in [0.4, 0.5) is 5.69 Å². The number of benzene rings is 1. The van der Waals surface area contributed by atoms with Crippen LogP contribution < -0.4 is 10.6 Å². The molecule has 0 bridgehead atoms. The van der Waals surface area contributed by atoms with Crippen LogP contribution in [0.1, 0.15) is 6.42 Å². The van der Waals surface area contributed by atoms with E-state index in [1.807, 2.05) is 18.2 Å². The summed E-state index contributed by atoms with van der Waals surface area (Å²) in [6.45, 7) is 3.06. The van der Waals surface area contributed by atoms with Gasteiger partial charge in [-0.3, -0.25) is 4.79 Å². The lowest BCUT2D eigenvalue weighted by molar-refractivity contribution is -0.132. The van der Waals surface area contributed by atoms with Crippen molar-refractivity contribution in [2.75, 3.05) is 31.1 Å². The molecule has 19 heavy (non-hydrogen) atoms. The molecule has 1 aliphatic rings. The second-order valence-corrected chi connectivity index (χ2v) is 4.66. The Hall–Kier alpha value is -1.99. The maximum atomic E-state index is 12.0. The number of rotatable bonds is 3. The summed E-state index contributed by atoms with van der Waals surface area (Å²) in [6, 6.07) is 9.66. The lowest BCUT2D eigenvalue weighted by Gasteiger charge is -2.37. The molecular weight excluding hydrogens is 238 g/mol. The highest BCUT2D eigenvalue weighted by Crippen LogP contribution is 2.15. The van der Waals surface area contributed by atoms with Crippen LogP contribution in [0.3, 0.4) is 0 Å². The van der Waals surface area contributed by atoms with Crippen LogP contribution in [0.15, 0.2) is 30.3 Å². The molecule has 1 aromatic carbocycles. The largest absolute Gasteiger partial charge is 0.368 e. The molecule has 100 valence electrons. The predicted molar refractivity (Wildman–Crippen MR) is 76.7 cm³/mol. The van der Waals surface area contributed by atoms with Gasteiger partial charge in [0.05, 0.1) is 6.04 Å². The number of nitrogens with zero attached hydrogens (tertiary/aromatic N) is 2. The highest BCUT2D eigenvalue weighted by Gasteiger charge is 2.24. The van der Waals surface area contributed by atoms with E-state index in [0.29, 0.717) is 19.5 Å². The molecule has 1 aromatic rings. The Morgan fingerprint density at radius 2 is 1.89 bits per heavy atom. The smallest absolute Gasteiger partial charge is 0.240 e. The quantitative estimate of drug-likeness (QED) is 0.810. The highest BCUT2D eigenvalue weighted by atomic mass is 16.2. The third-order valence-electron chi connectivity index (χ3n) is 3.37. The lowest BCUT2D eigenvalue weighted by Crippen LogP contribution is -2.53. The summed E-state index contributed by atoms with van der Waals surface area (Å²) in [4.78, 5) is 16.1. The van der Waals surface area contributed by atoms with Crippen LogP contribution >= 0.6 is 0 Å². The molecule has 0 spiro atoms. The van der Waals surface area contributed by atoms with Gasteiger partial charge in [-0.05, 0) is 12.1 Å². The molecule has 1 atom stereocenters. The first-order valence-corrected chi connectivity index (χ1v) is 6.50. The van der Waals surface area contributed by atoms with Crippen LogP contribution in [0.2, 0.25) is 0 Å². The molecule has 1 saturated heterocycles. The predicted octanol–water partition coefficient (Wildman–Crippen LogP) is 0.686. The first-order chi connectivity index (χ1) is 9.22. The average Bonchev–Trinajstić information content (AvgIpc) is 2.48. The second-order valence-electron chi connectivity index (χ2n) is 4.66. The van der Waals surface area contributed by atoms with Crippen molar-refractivity contribution in [1.29, 1.82) is 0 Å². The Morgan fingerprint density at radius 3 is 2.47 bits per heavy atom. The van der Waals surface area contributed by atoms with E-state index in [0.717, 1.165) is 13.1 Å². The van der Waals surface area contributed by atoms with Gasteiger partial charge in [-0.25, -0.2) is 0 Å². The minimum absolute atomic E-state index is 0.0364. The standard InChI is InChI=1S/C15H19N3O/c1-2-6-14(16)15(19)18-11-9-17(10-12-18)13-7-4-3-5-8-13/h1,3-5,7-8,14H,6,9-12,16H2. The monoisotopic (exact) mass is 257 g/mol. The van der Waals surface area contributed by atoms with Crippen molar-refractivity contribution in [3.8, 4) is 12.3 Å². The van der Waals surface area contributed by atoms with Crippen molar-refractivity contribution in [2.24, 2.45) is 5.73 Å². The van der Waals surface area contributed by atoms with Crippen LogP contribution in [0, 0.1) is 12.3 Å². The van der Waals surface area contributed by atoms with E-state index in [9.17, 15) is 4.79 Å². The van der Waals surface area contributed by atoms with Gasteiger partial charge < -0.3 is 15.5 Å². The number of carbonyl (C=O) groups excluding carboxylic acids is 1. The Morgan fingerprint density at radius 1 is 1.26 bits per heavy atom. The number of carbonyl (C=O) groups is 1. The van der Waals surface area contributed by atoms with Gasteiger partial charge in [0.25, 0.3) is 0 Å². The molecule has 0 aliphatic carbocycles. The van der Waals surface area contributed by atoms with E-state index in [-0.39, 0.29) is 5.91 Å². The summed E-state index contributed by atoms with van der Waals surface area (Å²) in [5.74, 6) is 2.40. The van der Waals surface area contributed by atoms with E-state index in [4.69, 9.17) is 12.2 Å². The summed E-state index contributed by atoms with van der Waals surface area (Å²) in [5.41, 5.74) is 6.95. The number of anilines is 1. The molecule has 1 unspecified atom stereocenters. The fourth-order valence-electron chi connectivity index (χ4n) is 2.27. The van der Waals surface area contributed by atoms with Gasteiger partial charge in [0, 0.05) is 38.3 Å². The van der Waals surface area contributed by atoms with E-state index in [1.165, 1.54) is 5.69 Å². The summed E-state index contributed by atoms with van der Waals surface area (Å²) < 4.78 is 0. The van der Waals surface area contributed by atoms with E-state index in [2.05, 4.69) is 23.0 Å². The van der Waals surface area contributed by atoms with Crippen molar-refractivity contribution >= 4 is 11.6 Å². The minimum Gasteiger partial charge on any atom is -0.368 e. The minimum atomic E-state index is -0.562. The van der Waals surface area contributed by atoms with E-state index >= 15 is 0 Å². The lowest BCUT2D eigenvalue weighted by atomic mass is 10.1. The zero-order valence-electron chi connectivity index (χ0n) is 11.0. The topological polar surface area (TPSA) is 49.6 Å². The molecule has 2 rings (SSSR count). The molecule has 0 saturated carbocycles. The third-order valence-corrected chi connectivity index (χ3v) is 3.37. The number of amides is 1. The molecule has 4 nitrogen and oxygen atoms in total. The Bertz CT molecular complexity index is 458. The molecular formula is C15H19N3O. The van der Waals surface area contributed by atoms with Gasteiger partial charge in [-0.15, -0.1) is 12.3 Å². The van der Waals surface area contributed by atoms with Crippen molar-refractivity contribution in [1.82, 2.24) is 4.90 Å². The summed E-state index contributed by atoms with van der Waals surface area (Å²) in [7, 11) is 0. The van der Waals surface area contributed by atoms with Crippen LogP contribution in [-0.4, -0.2) is 43.0 Å². The van der Waals surface area contributed by atoms with Gasteiger partial charge in [-0.2, -0.15) is 0 Å². The summed E-state index contributed by atoms with van der Waals surface area (Å²) in [6.07, 6.45) is 5.49. The van der Waals surface area contributed by atoms with E-state index in [1.54, 1.807) is 4.90 Å². The molecule has 1 heterocycles. The first-order valence-electron chi connectivity index (χ1n) is 6.50. The maximum Gasteiger partial charge on any atom is 0.240 e. The van der Waals surface area contributed by atoms with Crippen molar-refractivity contribution in [2.45, 2.75) is 12.5 Å². The van der Waals surface area contributed by atoms with Crippen LogP contribution in [-0.2, 0) is 4.79 Å². The van der Waals surface area contributed by atoms with Gasteiger partial charge in [0.1, 0.15) is 0 Å². The molecule has 0 radical (unpaired) electrons. The summed E-state index contributed by atoms with van der Waals surface area (Å²) in [5, 5.41) is 0. The number of hydrogen-bond acceptors (Lipinski definition) is 3. The average molecular weight is 257 g/mol. The van der Waals surface area contributed by atoms with Crippen LogP contribution in [0.5, 0.6) is 0 Å². The van der Waals surface area contributed by atoms with Crippen molar-refractivity contribution in [3.05, 3.63) is 30.3 Å². The molecule has 1 amide bonds. The summed E-state index contributed by atoms with van der Waals surface area (Å²) >= 11 is 0. The number of nitrogens with two attached hydrogens (primary N) is 1. The van der Waals surface area contributed by atoms with Gasteiger partial charge in [0.2, 0.25) is 5.91 Å². The Labute approximate surface area is 114 Å². The fourth-order valence-corrected chi connectivity index (χ4v) is 2.27. The molecule has 1 fully saturated rings. The molecule has 4 heteroatoms.